The van der Waals surface area contributed by atoms with Gasteiger partial charge in [0.1, 0.15) is 0 Å². The third kappa shape index (κ3) is 9.83. The molecule has 0 rings (SSSR count). The van der Waals surface area contributed by atoms with Crippen LogP contribution in [0.4, 0.5) is 0 Å². The molecule has 0 heterocycles. The molecule has 0 bridgehead atoms. The van der Waals surface area contributed by atoms with Gasteiger partial charge in [-0.3, -0.25) is 4.79 Å². The molecule has 0 aromatic carbocycles. The Morgan fingerprint density at radius 1 is 1.37 bits per heavy atom. The molecule has 0 aromatic heterocycles. The molecular formula is C11H23NO6S. The van der Waals surface area contributed by atoms with Crippen LogP contribution in [0.1, 0.15) is 26.2 Å². The number of methoxy groups -OCH3 is 2. The van der Waals surface area contributed by atoms with E-state index in [2.05, 4.69) is 9.46 Å². The Morgan fingerprint density at radius 2 is 2.00 bits per heavy atom. The van der Waals surface area contributed by atoms with Crippen LogP contribution < -0.4 is 4.72 Å². The fourth-order valence-electron chi connectivity index (χ4n) is 1.26. The van der Waals surface area contributed by atoms with Crippen LogP contribution in [0, 0.1) is 0 Å². The van der Waals surface area contributed by atoms with Crippen molar-refractivity contribution in [2.75, 3.05) is 33.1 Å². The summed E-state index contributed by atoms with van der Waals surface area (Å²) < 4.78 is 34.8. The van der Waals surface area contributed by atoms with Crippen molar-refractivity contribution in [1.29, 1.82) is 0 Å². The van der Waals surface area contributed by atoms with E-state index in [9.17, 15) is 18.3 Å². The molecule has 0 aromatic rings. The zero-order valence-corrected chi connectivity index (χ0v) is 12.5. The van der Waals surface area contributed by atoms with Crippen LogP contribution in [-0.2, 0) is 24.3 Å². The second-order valence-electron chi connectivity index (χ2n) is 4.56. The standard InChI is InChI=1S/C11H23NO6S/c1-11(14,6-7-17-2)9-12-19(15,16)8-4-5-10(13)18-3/h12,14H,4-9H2,1-3H3. The second kappa shape index (κ2) is 8.47. The van der Waals surface area contributed by atoms with Gasteiger partial charge < -0.3 is 14.6 Å². The molecule has 0 aliphatic rings. The van der Waals surface area contributed by atoms with E-state index >= 15 is 0 Å². The van der Waals surface area contributed by atoms with Crippen LogP contribution in [-0.4, -0.2) is 58.2 Å². The Balaban J connectivity index is 4.05. The first kappa shape index (κ1) is 18.3. The van der Waals surface area contributed by atoms with Crippen molar-refractivity contribution in [3.05, 3.63) is 0 Å². The summed E-state index contributed by atoms with van der Waals surface area (Å²) in [7, 11) is -0.743. The van der Waals surface area contributed by atoms with Crippen LogP contribution in [0.2, 0.25) is 0 Å². The number of hydrogen-bond donors (Lipinski definition) is 2. The predicted molar refractivity (Wildman–Crippen MR) is 70.2 cm³/mol. The van der Waals surface area contributed by atoms with E-state index in [1.807, 2.05) is 0 Å². The van der Waals surface area contributed by atoms with Crippen molar-refractivity contribution in [1.82, 2.24) is 4.72 Å². The molecule has 8 heteroatoms. The second-order valence-corrected chi connectivity index (χ2v) is 6.49. The highest BCUT2D eigenvalue weighted by molar-refractivity contribution is 7.89. The van der Waals surface area contributed by atoms with Crippen LogP contribution in [0.5, 0.6) is 0 Å². The number of ether oxygens (including phenoxy) is 2. The molecule has 1 atom stereocenters. The number of carbonyl (C=O) groups excluding carboxylic acids is 1. The van der Waals surface area contributed by atoms with Gasteiger partial charge in [-0.15, -0.1) is 0 Å². The molecule has 1 unspecified atom stereocenters. The Hall–Kier alpha value is -0.700. The molecular weight excluding hydrogens is 274 g/mol. The van der Waals surface area contributed by atoms with E-state index in [-0.39, 0.29) is 25.1 Å². The summed E-state index contributed by atoms with van der Waals surface area (Å²) in [5, 5.41) is 9.88. The first-order chi connectivity index (χ1) is 8.72. The number of sulfonamides is 1. The Labute approximate surface area is 114 Å². The summed E-state index contributed by atoms with van der Waals surface area (Å²) in [5.74, 6) is -0.620. The van der Waals surface area contributed by atoms with Crippen LogP contribution in [0.15, 0.2) is 0 Å². The molecule has 0 saturated carbocycles. The lowest BCUT2D eigenvalue weighted by atomic mass is 10.0. The van der Waals surface area contributed by atoms with Gasteiger partial charge in [-0.1, -0.05) is 0 Å². The summed E-state index contributed by atoms with van der Waals surface area (Å²) in [6.45, 7) is 1.79. The monoisotopic (exact) mass is 297 g/mol. The Bertz CT molecular complexity index is 365. The Morgan fingerprint density at radius 3 is 2.53 bits per heavy atom. The van der Waals surface area contributed by atoms with E-state index in [1.165, 1.54) is 21.1 Å². The molecule has 0 saturated heterocycles. The minimum Gasteiger partial charge on any atom is -0.469 e. The van der Waals surface area contributed by atoms with E-state index in [1.54, 1.807) is 0 Å². The minimum absolute atomic E-state index is 0.0531. The number of carbonyl (C=O) groups is 1. The molecule has 2 N–H and O–H groups in total. The summed E-state index contributed by atoms with van der Waals surface area (Å²) >= 11 is 0. The molecule has 0 aliphatic heterocycles. The highest BCUT2D eigenvalue weighted by Crippen LogP contribution is 2.08. The number of hydrogen-bond acceptors (Lipinski definition) is 6. The lowest BCUT2D eigenvalue weighted by Crippen LogP contribution is -2.42. The van der Waals surface area contributed by atoms with Crippen molar-refractivity contribution in [2.45, 2.75) is 31.8 Å². The highest BCUT2D eigenvalue weighted by atomic mass is 32.2. The third-order valence-electron chi connectivity index (χ3n) is 2.54. The fraction of sp³-hybridized carbons (Fsp3) is 0.909. The third-order valence-corrected chi connectivity index (χ3v) is 3.95. The maximum absolute atomic E-state index is 11.6. The predicted octanol–water partition coefficient (Wildman–Crippen LogP) is -0.353. The van der Waals surface area contributed by atoms with Crippen LogP contribution in [0.25, 0.3) is 0 Å². The SMILES string of the molecule is COCCC(C)(O)CNS(=O)(=O)CCCC(=O)OC. The van der Waals surface area contributed by atoms with Gasteiger partial charge in [-0.2, -0.15) is 0 Å². The van der Waals surface area contributed by atoms with Crippen molar-refractivity contribution < 1.29 is 27.8 Å². The molecule has 0 amide bonds. The molecule has 0 aliphatic carbocycles. The molecule has 7 nitrogen and oxygen atoms in total. The maximum Gasteiger partial charge on any atom is 0.305 e. The molecule has 19 heavy (non-hydrogen) atoms. The van der Waals surface area contributed by atoms with Crippen molar-refractivity contribution in [3.8, 4) is 0 Å². The van der Waals surface area contributed by atoms with Crippen LogP contribution >= 0.6 is 0 Å². The minimum atomic E-state index is -3.50. The average molecular weight is 297 g/mol. The van der Waals surface area contributed by atoms with Gasteiger partial charge in [-0.25, -0.2) is 13.1 Å². The largest absolute Gasteiger partial charge is 0.469 e. The fourth-order valence-corrected chi connectivity index (χ4v) is 2.46. The van der Waals surface area contributed by atoms with Gasteiger partial charge >= 0.3 is 5.97 Å². The first-order valence-electron chi connectivity index (χ1n) is 5.98. The van der Waals surface area contributed by atoms with Gasteiger partial charge in [0.05, 0.1) is 18.5 Å². The van der Waals surface area contributed by atoms with Gasteiger partial charge in [0.15, 0.2) is 0 Å². The normalized spacial score (nSPS) is 14.9. The van der Waals surface area contributed by atoms with E-state index in [0.717, 1.165) is 0 Å². The zero-order valence-electron chi connectivity index (χ0n) is 11.6. The topological polar surface area (TPSA) is 102 Å². The van der Waals surface area contributed by atoms with Crippen molar-refractivity contribution >= 4 is 16.0 Å². The maximum atomic E-state index is 11.6. The highest BCUT2D eigenvalue weighted by Gasteiger charge is 2.23. The zero-order chi connectivity index (χ0) is 14.9. The lowest BCUT2D eigenvalue weighted by Gasteiger charge is -2.23. The van der Waals surface area contributed by atoms with Crippen molar-refractivity contribution in [3.63, 3.8) is 0 Å². The lowest BCUT2D eigenvalue weighted by molar-refractivity contribution is -0.140. The molecule has 0 radical (unpaired) electrons. The van der Waals surface area contributed by atoms with Crippen LogP contribution in [0.3, 0.4) is 0 Å². The van der Waals surface area contributed by atoms with E-state index in [4.69, 9.17) is 4.74 Å². The van der Waals surface area contributed by atoms with E-state index < -0.39 is 21.6 Å². The summed E-state index contributed by atoms with van der Waals surface area (Å²) in [5.41, 5.74) is -1.16. The summed E-state index contributed by atoms with van der Waals surface area (Å²) in [6.07, 6.45) is 0.563. The molecule has 114 valence electrons. The number of nitrogens with one attached hydrogen (secondary N) is 1. The van der Waals surface area contributed by atoms with Gasteiger partial charge in [0.25, 0.3) is 0 Å². The summed E-state index contributed by atoms with van der Waals surface area (Å²) in [6, 6.07) is 0. The Kier molecular flexibility index (Phi) is 8.15. The van der Waals surface area contributed by atoms with Gasteiger partial charge in [0, 0.05) is 33.1 Å². The van der Waals surface area contributed by atoms with Crippen molar-refractivity contribution in [2.24, 2.45) is 0 Å². The quantitative estimate of drug-likeness (QED) is 0.534. The first-order valence-corrected chi connectivity index (χ1v) is 7.63. The van der Waals surface area contributed by atoms with Gasteiger partial charge in [0.2, 0.25) is 10.0 Å². The summed E-state index contributed by atoms with van der Waals surface area (Å²) in [4.78, 5) is 10.8. The number of esters is 1. The smallest absolute Gasteiger partial charge is 0.305 e. The van der Waals surface area contributed by atoms with E-state index in [0.29, 0.717) is 13.0 Å². The molecule has 0 fully saturated rings. The number of rotatable bonds is 10. The van der Waals surface area contributed by atoms with Gasteiger partial charge in [-0.05, 0) is 13.3 Å². The molecule has 0 spiro atoms. The number of aliphatic hydroxyl groups is 1. The average Bonchev–Trinajstić information content (AvgIpc) is 2.34.